The molecule has 0 spiro atoms. The molecule has 6 nitrogen and oxygen atoms in total. The highest BCUT2D eigenvalue weighted by Gasteiger charge is 2.28. The lowest BCUT2D eigenvalue weighted by Crippen LogP contribution is -2.31. The third-order valence-electron chi connectivity index (χ3n) is 3.34. The van der Waals surface area contributed by atoms with Gasteiger partial charge in [-0.25, -0.2) is 4.79 Å². The molecule has 2 rings (SSSR count). The van der Waals surface area contributed by atoms with Crippen LogP contribution in [0.5, 0.6) is 0 Å². The highest BCUT2D eigenvalue weighted by Crippen LogP contribution is 2.20. The maximum absolute atomic E-state index is 12.2. The molecule has 1 aliphatic heterocycles. The van der Waals surface area contributed by atoms with Gasteiger partial charge in [-0.05, 0) is 18.9 Å². The second-order valence-electron chi connectivity index (χ2n) is 5.22. The zero-order valence-corrected chi connectivity index (χ0v) is 14.0. The number of ether oxygens (including phenoxy) is 1. The Hall–Kier alpha value is -2.15. The molecule has 0 radical (unpaired) electrons. The summed E-state index contributed by atoms with van der Waals surface area (Å²) in [6, 6.07) is 9.12. The molecule has 23 heavy (non-hydrogen) atoms. The van der Waals surface area contributed by atoms with Gasteiger partial charge in [0.15, 0.2) is 0 Å². The number of nitrogens with zero attached hydrogens (tertiary/aromatic N) is 2. The first kappa shape index (κ1) is 17.2. The molecule has 0 saturated carbocycles. The van der Waals surface area contributed by atoms with Crippen LogP contribution in [0.2, 0.25) is 0 Å². The number of esters is 1. The SMILES string of the molecule is CCCCOC(=O)C1=CN(Cc2ccccc2)S(=O)(=O)N=C1C. The topological polar surface area (TPSA) is 76.0 Å². The first-order chi connectivity index (χ1) is 10.9. The first-order valence-electron chi connectivity index (χ1n) is 7.45. The van der Waals surface area contributed by atoms with Gasteiger partial charge in [0.25, 0.3) is 0 Å². The van der Waals surface area contributed by atoms with E-state index < -0.39 is 16.2 Å². The molecule has 0 aliphatic carbocycles. The van der Waals surface area contributed by atoms with Gasteiger partial charge in [0.1, 0.15) is 0 Å². The molecular formula is C16H20N2O4S. The van der Waals surface area contributed by atoms with Gasteiger partial charge < -0.3 is 4.74 Å². The van der Waals surface area contributed by atoms with Crippen LogP contribution in [0.3, 0.4) is 0 Å². The zero-order chi connectivity index (χ0) is 16.9. The predicted molar refractivity (Wildman–Crippen MR) is 88.0 cm³/mol. The van der Waals surface area contributed by atoms with Crippen molar-refractivity contribution in [1.82, 2.24) is 4.31 Å². The minimum Gasteiger partial charge on any atom is -0.462 e. The van der Waals surface area contributed by atoms with E-state index in [-0.39, 0.29) is 17.8 Å². The molecule has 0 amide bonds. The van der Waals surface area contributed by atoms with Crippen LogP contribution in [-0.2, 0) is 26.3 Å². The lowest BCUT2D eigenvalue weighted by atomic mass is 10.2. The second kappa shape index (κ2) is 7.41. The van der Waals surface area contributed by atoms with Crippen molar-refractivity contribution in [2.75, 3.05) is 6.61 Å². The van der Waals surface area contributed by atoms with Crippen molar-refractivity contribution in [2.45, 2.75) is 33.2 Å². The second-order valence-corrected chi connectivity index (χ2v) is 6.76. The molecule has 0 atom stereocenters. The Morgan fingerprint density at radius 2 is 1.96 bits per heavy atom. The summed E-state index contributed by atoms with van der Waals surface area (Å²) in [5.74, 6) is -0.548. The summed E-state index contributed by atoms with van der Waals surface area (Å²) in [6.07, 6.45) is 2.98. The number of carbonyl (C=O) groups excluding carboxylic acids is 1. The molecule has 0 aromatic heterocycles. The Morgan fingerprint density at radius 1 is 1.26 bits per heavy atom. The third kappa shape index (κ3) is 4.41. The minimum atomic E-state index is -3.83. The van der Waals surface area contributed by atoms with Gasteiger partial charge in [0.05, 0.1) is 24.4 Å². The fourth-order valence-electron chi connectivity index (χ4n) is 2.06. The monoisotopic (exact) mass is 336 g/mol. The van der Waals surface area contributed by atoms with Gasteiger partial charge in [-0.3, -0.25) is 4.31 Å². The molecule has 1 aromatic rings. The summed E-state index contributed by atoms with van der Waals surface area (Å²) in [5, 5.41) is 0. The van der Waals surface area contributed by atoms with E-state index in [2.05, 4.69) is 4.40 Å². The van der Waals surface area contributed by atoms with Gasteiger partial charge in [-0.1, -0.05) is 43.7 Å². The van der Waals surface area contributed by atoms with E-state index in [1.807, 2.05) is 37.3 Å². The van der Waals surface area contributed by atoms with Crippen LogP contribution in [0.1, 0.15) is 32.3 Å². The van der Waals surface area contributed by atoms with E-state index in [0.29, 0.717) is 6.61 Å². The lowest BCUT2D eigenvalue weighted by Gasteiger charge is -2.23. The Kier molecular flexibility index (Phi) is 5.54. The normalized spacial score (nSPS) is 16.5. The summed E-state index contributed by atoms with van der Waals surface area (Å²) >= 11 is 0. The summed E-state index contributed by atoms with van der Waals surface area (Å²) in [6.45, 7) is 3.91. The Morgan fingerprint density at radius 3 is 2.61 bits per heavy atom. The average Bonchev–Trinajstić information content (AvgIpc) is 2.50. The van der Waals surface area contributed by atoms with Crippen LogP contribution in [0.15, 0.2) is 46.5 Å². The van der Waals surface area contributed by atoms with Crippen molar-refractivity contribution in [1.29, 1.82) is 0 Å². The van der Waals surface area contributed by atoms with Crippen molar-refractivity contribution in [3.8, 4) is 0 Å². The largest absolute Gasteiger partial charge is 0.462 e. The van der Waals surface area contributed by atoms with Crippen molar-refractivity contribution in [2.24, 2.45) is 4.40 Å². The number of hydrogen-bond donors (Lipinski definition) is 0. The van der Waals surface area contributed by atoms with Crippen LogP contribution in [0, 0.1) is 0 Å². The van der Waals surface area contributed by atoms with Crippen molar-refractivity contribution in [3.05, 3.63) is 47.7 Å². The van der Waals surface area contributed by atoms with E-state index in [4.69, 9.17) is 4.74 Å². The molecule has 1 heterocycles. The maximum Gasteiger partial charge on any atom is 0.344 e. The van der Waals surface area contributed by atoms with E-state index in [0.717, 1.165) is 22.7 Å². The van der Waals surface area contributed by atoms with Gasteiger partial charge >= 0.3 is 16.2 Å². The zero-order valence-electron chi connectivity index (χ0n) is 13.2. The van der Waals surface area contributed by atoms with Crippen LogP contribution < -0.4 is 0 Å². The van der Waals surface area contributed by atoms with Crippen LogP contribution >= 0.6 is 0 Å². The molecule has 7 heteroatoms. The highest BCUT2D eigenvalue weighted by molar-refractivity contribution is 7.88. The minimum absolute atomic E-state index is 0.117. The molecule has 1 aromatic carbocycles. The number of hydrogen-bond acceptors (Lipinski definition) is 4. The number of benzene rings is 1. The van der Waals surface area contributed by atoms with E-state index in [1.54, 1.807) is 0 Å². The summed E-state index contributed by atoms with van der Waals surface area (Å²) in [5.41, 5.74) is 1.13. The molecular weight excluding hydrogens is 316 g/mol. The van der Waals surface area contributed by atoms with Crippen LogP contribution in [0.4, 0.5) is 0 Å². The molecule has 124 valence electrons. The van der Waals surface area contributed by atoms with Gasteiger partial charge in [-0.15, -0.1) is 4.40 Å². The first-order valence-corrected chi connectivity index (χ1v) is 8.85. The van der Waals surface area contributed by atoms with Gasteiger partial charge in [-0.2, -0.15) is 8.42 Å². The van der Waals surface area contributed by atoms with E-state index in [1.165, 1.54) is 13.1 Å². The van der Waals surface area contributed by atoms with Crippen LogP contribution in [-0.4, -0.2) is 31.0 Å². The van der Waals surface area contributed by atoms with E-state index in [9.17, 15) is 13.2 Å². The number of rotatable bonds is 6. The molecule has 1 aliphatic rings. The summed E-state index contributed by atoms with van der Waals surface area (Å²) in [4.78, 5) is 12.1. The third-order valence-corrected chi connectivity index (χ3v) is 4.68. The Balaban J connectivity index is 2.21. The van der Waals surface area contributed by atoms with Crippen LogP contribution in [0.25, 0.3) is 0 Å². The van der Waals surface area contributed by atoms with Crippen molar-refractivity contribution < 1.29 is 17.9 Å². The predicted octanol–water partition coefficient (Wildman–Crippen LogP) is 2.44. The number of carbonyl (C=O) groups is 1. The highest BCUT2D eigenvalue weighted by atomic mass is 32.2. The Bertz CT molecular complexity index is 724. The molecule has 0 fully saturated rings. The molecule has 0 saturated heterocycles. The van der Waals surface area contributed by atoms with Gasteiger partial charge in [0.2, 0.25) is 0 Å². The molecule has 0 bridgehead atoms. The average molecular weight is 336 g/mol. The van der Waals surface area contributed by atoms with Crippen molar-refractivity contribution >= 4 is 21.9 Å². The molecule has 0 N–H and O–H groups in total. The standard InChI is InChI=1S/C16H20N2O4S/c1-3-4-10-22-16(19)15-12-18(23(20,21)17-13(15)2)11-14-8-6-5-7-9-14/h5-9,12H,3-4,10-11H2,1-2H3. The van der Waals surface area contributed by atoms with E-state index >= 15 is 0 Å². The summed E-state index contributed by atoms with van der Waals surface area (Å²) < 4.78 is 34.2. The smallest absolute Gasteiger partial charge is 0.344 e. The maximum atomic E-state index is 12.2. The summed E-state index contributed by atoms with van der Waals surface area (Å²) in [7, 11) is -3.83. The quantitative estimate of drug-likeness (QED) is 0.590. The van der Waals surface area contributed by atoms with Gasteiger partial charge in [0, 0.05) is 6.20 Å². The molecule has 0 unspecified atom stereocenters. The van der Waals surface area contributed by atoms with Crippen molar-refractivity contribution in [3.63, 3.8) is 0 Å². The Labute approximate surface area is 136 Å². The number of unbranched alkanes of at least 4 members (excludes halogenated alkanes) is 1. The fourth-order valence-corrected chi connectivity index (χ4v) is 3.16. The lowest BCUT2D eigenvalue weighted by molar-refractivity contribution is -0.138. The fraction of sp³-hybridized carbons (Fsp3) is 0.375.